The van der Waals surface area contributed by atoms with E-state index >= 15 is 0 Å². The van der Waals surface area contributed by atoms with Crippen LogP contribution in [0.3, 0.4) is 0 Å². The molecule has 0 atom stereocenters. The Morgan fingerprint density at radius 2 is 2.33 bits per heavy atom. The van der Waals surface area contributed by atoms with Gasteiger partial charge in [-0.2, -0.15) is 0 Å². The number of rotatable bonds is 3. The van der Waals surface area contributed by atoms with Crippen molar-refractivity contribution < 1.29 is 14.8 Å². The number of halogens is 1. The summed E-state index contributed by atoms with van der Waals surface area (Å²) in [5.41, 5.74) is 0.775. The summed E-state index contributed by atoms with van der Waals surface area (Å²) in [6.45, 7) is 1.59. The Morgan fingerprint density at radius 1 is 1.67 bits per heavy atom. The Bertz CT molecular complexity index is 373. The second kappa shape index (κ2) is 5.11. The minimum atomic E-state index is -1.59. The number of nitrogens with one attached hydrogen (secondary N) is 1. The van der Waals surface area contributed by atoms with E-state index in [1.54, 1.807) is 0 Å². The van der Waals surface area contributed by atoms with Crippen LogP contribution in [0.4, 0.5) is 0 Å². The number of carbonyl (C=O) groups is 1. The van der Waals surface area contributed by atoms with Crippen molar-refractivity contribution in [3.63, 3.8) is 0 Å². The van der Waals surface area contributed by atoms with Crippen LogP contribution in [0.15, 0.2) is 12.3 Å². The number of aromatic nitrogens is 1. The molecule has 0 spiro atoms. The van der Waals surface area contributed by atoms with Crippen molar-refractivity contribution in [3.8, 4) is 0 Å². The van der Waals surface area contributed by atoms with Crippen LogP contribution in [-0.4, -0.2) is 28.1 Å². The van der Waals surface area contributed by atoms with Crippen molar-refractivity contribution in [3.05, 3.63) is 23.0 Å². The number of hydrogen-bond acceptors (Lipinski definition) is 4. The zero-order chi connectivity index (χ0) is 11.4. The number of amides is 1. The fourth-order valence-electron chi connectivity index (χ4n) is 0.997. The van der Waals surface area contributed by atoms with E-state index in [2.05, 4.69) is 10.3 Å². The van der Waals surface area contributed by atoms with Crippen molar-refractivity contribution in [2.75, 3.05) is 0 Å². The van der Waals surface area contributed by atoms with Crippen molar-refractivity contribution in [2.24, 2.45) is 0 Å². The molecule has 0 aliphatic heterocycles. The molecule has 0 unspecified atom stereocenters. The molecule has 5 nitrogen and oxygen atoms in total. The maximum Gasteiger partial charge on any atom is 0.490 e. The van der Waals surface area contributed by atoms with Crippen LogP contribution < -0.4 is 10.8 Å². The van der Waals surface area contributed by atoms with Crippen LogP contribution in [0.2, 0.25) is 5.15 Å². The summed E-state index contributed by atoms with van der Waals surface area (Å²) in [5.74, 6) is -0.194. The second-order valence-electron chi connectivity index (χ2n) is 3.00. The number of pyridine rings is 1. The number of hydrogen-bond donors (Lipinski definition) is 3. The predicted octanol–water partition coefficient (Wildman–Crippen LogP) is -0.949. The number of nitrogens with zero attached hydrogens (tertiary/aromatic N) is 1. The molecule has 15 heavy (non-hydrogen) atoms. The predicted molar refractivity (Wildman–Crippen MR) is 56.6 cm³/mol. The Balaban J connectivity index is 2.85. The van der Waals surface area contributed by atoms with Gasteiger partial charge in [-0.1, -0.05) is 17.7 Å². The molecular weight excluding hydrogens is 218 g/mol. The first-order valence-electron chi connectivity index (χ1n) is 4.25. The van der Waals surface area contributed by atoms with Crippen LogP contribution in [0.25, 0.3) is 0 Å². The zero-order valence-corrected chi connectivity index (χ0v) is 8.82. The van der Waals surface area contributed by atoms with E-state index in [0.717, 1.165) is 0 Å². The molecule has 1 aromatic heterocycles. The van der Waals surface area contributed by atoms with Crippen LogP contribution >= 0.6 is 11.6 Å². The van der Waals surface area contributed by atoms with E-state index in [0.29, 0.717) is 5.56 Å². The minimum Gasteiger partial charge on any atom is -0.423 e. The van der Waals surface area contributed by atoms with Gasteiger partial charge in [-0.25, -0.2) is 4.98 Å². The molecular formula is C8H10BClN2O3. The quantitative estimate of drug-likeness (QED) is 0.460. The largest absolute Gasteiger partial charge is 0.490 e. The average molecular weight is 228 g/mol. The SMILES string of the molecule is CC(=O)NCc1cc(B(O)O)cnc1Cl. The first kappa shape index (κ1) is 12.0. The maximum absolute atomic E-state index is 10.7. The summed E-state index contributed by atoms with van der Waals surface area (Å²) in [5, 5.41) is 20.6. The van der Waals surface area contributed by atoms with E-state index in [1.807, 2.05) is 0 Å². The Kier molecular flexibility index (Phi) is 4.08. The van der Waals surface area contributed by atoms with Gasteiger partial charge in [-0.3, -0.25) is 4.79 Å². The highest BCUT2D eigenvalue weighted by molar-refractivity contribution is 6.58. The summed E-state index contributed by atoms with van der Waals surface area (Å²) < 4.78 is 0. The first-order chi connectivity index (χ1) is 7.00. The normalized spacial score (nSPS) is 9.87. The molecule has 1 rings (SSSR count). The number of carbonyl (C=O) groups excluding carboxylic acids is 1. The fourth-order valence-corrected chi connectivity index (χ4v) is 1.17. The van der Waals surface area contributed by atoms with Gasteiger partial charge in [0, 0.05) is 30.7 Å². The van der Waals surface area contributed by atoms with Crippen LogP contribution in [0, 0.1) is 0 Å². The van der Waals surface area contributed by atoms with Gasteiger partial charge in [0.05, 0.1) is 0 Å². The summed E-state index contributed by atoms with van der Waals surface area (Å²) in [4.78, 5) is 14.4. The topological polar surface area (TPSA) is 82.5 Å². The molecule has 1 amide bonds. The van der Waals surface area contributed by atoms with Gasteiger partial charge in [-0.15, -0.1) is 0 Å². The highest BCUT2D eigenvalue weighted by Crippen LogP contribution is 2.10. The van der Waals surface area contributed by atoms with Gasteiger partial charge in [0.2, 0.25) is 5.91 Å². The lowest BCUT2D eigenvalue weighted by atomic mass is 9.81. The van der Waals surface area contributed by atoms with Crippen molar-refractivity contribution in [2.45, 2.75) is 13.5 Å². The van der Waals surface area contributed by atoms with Crippen molar-refractivity contribution >= 4 is 30.1 Å². The standard InChI is InChI=1S/C8H10BClN2O3/c1-5(13)11-3-6-2-7(9(14)15)4-12-8(6)10/h2,4,14-15H,3H2,1H3,(H,11,13). The lowest BCUT2D eigenvalue weighted by Gasteiger charge is -2.06. The van der Waals surface area contributed by atoms with Gasteiger partial charge in [-0.05, 0) is 0 Å². The Labute approximate surface area is 92.2 Å². The summed E-state index contributed by atoms with van der Waals surface area (Å²) in [6.07, 6.45) is 1.27. The molecule has 3 N–H and O–H groups in total. The van der Waals surface area contributed by atoms with Gasteiger partial charge >= 0.3 is 7.12 Å². The van der Waals surface area contributed by atoms with Crippen LogP contribution in [-0.2, 0) is 11.3 Å². The molecule has 0 radical (unpaired) electrons. The Hall–Kier alpha value is -1.11. The lowest BCUT2D eigenvalue weighted by Crippen LogP contribution is -2.31. The molecule has 0 saturated heterocycles. The van der Waals surface area contributed by atoms with Gasteiger partial charge in [0.1, 0.15) is 5.15 Å². The molecule has 0 aliphatic rings. The fraction of sp³-hybridized carbons (Fsp3) is 0.250. The van der Waals surface area contributed by atoms with Gasteiger partial charge in [0.15, 0.2) is 0 Å². The summed E-state index contributed by atoms with van der Waals surface area (Å²) >= 11 is 5.76. The summed E-state index contributed by atoms with van der Waals surface area (Å²) in [6, 6.07) is 1.48. The molecule has 0 saturated carbocycles. The molecule has 1 aromatic rings. The van der Waals surface area contributed by atoms with E-state index in [9.17, 15) is 4.79 Å². The molecule has 1 heterocycles. The van der Waals surface area contributed by atoms with Crippen LogP contribution in [0.5, 0.6) is 0 Å². The minimum absolute atomic E-state index is 0.194. The molecule has 0 aromatic carbocycles. The van der Waals surface area contributed by atoms with Crippen molar-refractivity contribution in [1.82, 2.24) is 10.3 Å². The van der Waals surface area contributed by atoms with E-state index < -0.39 is 7.12 Å². The second-order valence-corrected chi connectivity index (χ2v) is 3.36. The first-order valence-corrected chi connectivity index (χ1v) is 4.63. The molecule has 0 bridgehead atoms. The maximum atomic E-state index is 10.7. The third kappa shape index (κ3) is 3.51. The average Bonchev–Trinajstić information content (AvgIpc) is 2.16. The van der Waals surface area contributed by atoms with Crippen molar-refractivity contribution in [1.29, 1.82) is 0 Å². The van der Waals surface area contributed by atoms with E-state index in [-0.39, 0.29) is 23.1 Å². The molecule has 0 fully saturated rings. The lowest BCUT2D eigenvalue weighted by molar-refractivity contribution is -0.119. The highest BCUT2D eigenvalue weighted by atomic mass is 35.5. The van der Waals surface area contributed by atoms with Crippen LogP contribution in [0.1, 0.15) is 12.5 Å². The highest BCUT2D eigenvalue weighted by Gasteiger charge is 2.13. The van der Waals surface area contributed by atoms with Gasteiger partial charge in [0.25, 0.3) is 0 Å². The molecule has 80 valence electrons. The Morgan fingerprint density at radius 3 is 2.87 bits per heavy atom. The molecule has 0 aliphatic carbocycles. The monoisotopic (exact) mass is 228 g/mol. The third-order valence-corrected chi connectivity index (χ3v) is 2.10. The van der Waals surface area contributed by atoms with Gasteiger partial charge < -0.3 is 15.4 Å². The summed E-state index contributed by atoms with van der Waals surface area (Å²) in [7, 11) is -1.59. The third-order valence-electron chi connectivity index (χ3n) is 1.76. The zero-order valence-electron chi connectivity index (χ0n) is 8.07. The van der Waals surface area contributed by atoms with E-state index in [4.69, 9.17) is 21.6 Å². The smallest absolute Gasteiger partial charge is 0.423 e. The molecule has 7 heteroatoms. The van der Waals surface area contributed by atoms with E-state index in [1.165, 1.54) is 19.2 Å².